The monoisotopic (exact) mass is 237 g/mol. The van der Waals surface area contributed by atoms with Crippen LogP contribution in [0.3, 0.4) is 0 Å². The summed E-state index contributed by atoms with van der Waals surface area (Å²) in [5.74, 6) is 0. The van der Waals surface area contributed by atoms with Gasteiger partial charge < -0.3 is 9.11 Å². The summed E-state index contributed by atoms with van der Waals surface area (Å²) in [6.07, 6.45) is 0. The van der Waals surface area contributed by atoms with Crippen LogP contribution in [0.5, 0.6) is 0 Å². The molecule has 0 fully saturated rings. The molecule has 1 radical (unpaired) electrons. The van der Waals surface area contributed by atoms with Gasteiger partial charge >= 0.3 is 0 Å². The quantitative estimate of drug-likeness (QED) is 0.177. The van der Waals surface area contributed by atoms with Gasteiger partial charge in [-0.2, -0.15) is 0 Å². The van der Waals surface area contributed by atoms with Crippen molar-refractivity contribution < 1.29 is 50.4 Å². The first-order valence-corrected chi connectivity index (χ1v) is 2.20. The first-order chi connectivity index (χ1) is 3.00. The molecule has 2 N–H and O–H groups in total. The van der Waals surface area contributed by atoms with E-state index in [4.69, 9.17) is 28.0 Å². The van der Waals surface area contributed by atoms with Crippen LogP contribution in [0.4, 0.5) is 0 Å². The van der Waals surface area contributed by atoms with Gasteiger partial charge in [0.05, 0.1) is 0 Å². The summed E-state index contributed by atoms with van der Waals surface area (Å²) in [7, 11) is -5.17. The van der Waals surface area contributed by atoms with Gasteiger partial charge in [-0.1, -0.05) is 0 Å². The summed E-state index contributed by atoms with van der Waals surface area (Å²) in [6.45, 7) is 0. The van der Waals surface area contributed by atoms with E-state index in [1.54, 1.807) is 0 Å². The van der Waals surface area contributed by atoms with Crippen molar-refractivity contribution in [3.63, 3.8) is 0 Å². The van der Waals surface area contributed by atoms with Crippen LogP contribution in [0.2, 0.25) is 0 Å². The normalized spacial score (nSPS) is 8.00. The summed E-state index contributed by atoms with van der Waals surface area (Å²) >= 11 is 0. The summed E-state index contributed by atoms with van der Waals surface area (Å²) in [6, 6.07) is 0. The molecule has 0 bridgehead atoms. The van der Waals surface area contributed by atoms with Gasteiger partial charge in [0.15, 0.2) is 0 Å². The van der Waals surface area contributed by atoms with Gasteiger partial charge in [0.2, 0.25) is 0 Å². The van der Waals surface area contributed by atoms with Crippen molar-refractivity contribution in [1.29, 1.82) is 0 Å². The van der Waals surface area contributed by atoms with Gasteiger partial charge in [0, 0.05) is 32.8 Å². The van der Waals surface area contributed by atoms with Crippen molar-refractivity contribution >= 4 is 10.4 Å². The molecule has 8 heavy (non-hydrogen) atoms. The van der Waals surface area contributed by atoms with E-state index in [0.717, 1.165) is 0 Å². The largest absolute Gasteiger partial charge is 0.759 e. The Labute approximate surface area is 61.2 Å². The fraction of sp³-hybridized carbons (Fsp3) is 0. The van der Waals surface area contributed by atoms with Crippen molar-refractivity contribution in [2.75, 3.05) is 0 Å². The average Bonchev–Trinajstić information content (AvgIpc) is 1.36. The summed E-state index contributed by atoms with van der Waals surface area (Å²) in [5.41, 5.74) is 0. The molecule has 0 atom stereocenters. The second kappa shape index (κ2) is 7.53. The van der Waals surface area contributed by atoms with Crippen LogP contribution < -0.4 is 0 Å². The molecule has 0 rings (SSSR count). The Morgan fingerprint density at radius 2 is 1.12 bits per heavy atom. The number of hydrogen-bond acceptors (Lipinski definition) is 6. The molecule has 0 saturated carbocycles. The molecule has 0 aromatic rings. The van der Waals surface area contributed by atoms with E-state index >= 15 is 0 Å². The predicted molar refractivity (Wildman–Crippen MR) is 15.7 cm³/mol. The Kier molecular flexibility index (Phi) is 14.9. The number of hydrogen-bond donors (Lipinski definition) is 2. The maximum Gasteiger partial charge on any atom is 0.0311 e. The fourth-order valence-electron chi connectivity index (χ4n) is 0. The van der Waals surface area contributed by atoms with Crippen LogP contribution in [0, 0.1) is 0 Å². The fourth-order valence-corrected chi connectivity index (χ4v) is 0. The number of rotatable bonds is 0. The van der Waals surface area contributed by atoms with Crippen LogP contribution >= 0.6 is 0 Å². The van der Waals surface area contributed by atoms with E-state index in [9.17, 15) is 0 Å². The molecular formula is H2AgO6S-2. The van der Waals surface area contributed by atoms with E-state index < -0.39 is 10.4 Å². The molecule has 0 aliphatic rings. The Bertz CT molecular complexity index is 91.7. The maximum atomic E-state index is 8.52. The molecule has 0 aliphatic heterocycles. The third-order valence-electron chi connectivity index (χ3n) is 0. The van der Waals surface area contributed by atoms with Crippen molar-refractivity contribution in [3.8, 4) is 0 Å². The molecule has 0 aromatic heterocycles. The van der Waals surface area contributed by atoms with Crippen LogP contribution in [0.1, 0.15) is 0 Å². The van der Waals surface area contributed by atoms with Crippen LogP contribution in [-0.4, -0.2) is 28.0 Å². The topological polar surface area (TPSA) is 121 Å². The van der Waals surface area contributed by atoms with Crippen LogP contribution in [0.25, 0.3) is 0 Å². The van der Waals surface area contributed by atoms with E-state index in [2.05, 4.69) is 0 Å². The molecule has 0 aliphatic carbocycles. The molecule has 0 aromatic carbocycles. The van der Waals surface area contributed by atoms with Crippen LogP contribution in [0.15, 0.2) is 0 Å². The first-order valence-electron chi connectivity index (χ1n) is 0.867. The summed E-state index contributed by atoms with van der Waals surface area (Å²) in [5, 5.41) is 12.0. The zero-order valence-electron chi connectivity index (χ0n) is 3.24. The van der Waals surface area contributed by atoms with Gasteiger partial charge in [0.25, 0.3) is 0 Å². The standard InChI is InChI=1S/Ag.H2O4S.H2O2/c;1-5(2,3)4;1-2/h;(H2,1,2,3,4);1-2H/p-2. The molecule has 0 spiro atoms. The predicted octanol–water partition coefficient (Wildman–Crippen LogP) is -1.32. The average molecular weight is 238 g/mol. The van der Waals surface area contributed by atoms with E-state index in [0.29, 0.717) is 0 Å². The van der Waals surface area contributed by atoms with Crippen molar-refractivity contribution in [3.05, 3.63) is 0 Å². The van der Waals surface area contributed by atoms with E-state index in [-0.39, 0.29) is 22.4 Å². The third-order valence-corrected chi connectivity index (χ3v) is 0. The van der Waals surface area contributed by atoms with Crippen LogP contribution in [-0.2, 0) is 32.8 Å². The Morgan fingerprint density at radius 1 is 1.12 bits per heavy atom. The second-order valence-electron chi connectivity index (χ2n) is 0.408. The molecular weight excluding hydrogens is 236 g/mol. The van der Waals surface area contributed by atoms with Gasteiger partial charge in [-0.15, -0.1) is 0 Å². The zero-order valence-corrected chi connectivity index (χ0v) is 5.54. The summed E-state index contributed by atoms with van der Waals surface area (Å²) < 4.78 is 34.1. The minimum absolute atomic E-state index is 0. The van der Waals surface area contributed by atoms with Gasteiger partial charge in [-0.05, 0) is 0 Å². The second-order valence-corrected chi connectivity index (χ2v) is 1.22. The molecule has 0 amide bonds. The SMILES string of the molecule is O=S(=O)([O-])[O-].OO.[Ag]. The molecule has 0 saturated heterocycles. The Morgan fingerprint density at radius 3 is 1.12 bits per heavy atom. The molecule has 0 unspecified atom stereocenters. The maximum absolute atomic E-state index is 8.52. The first kappa shape index (κ1) is 15.8. The third kappa shape index (κ3) is 710. The van der Waals surface area contributed by atoms with E-state index in [1.807, 2.05) is 0 Å². The molecule has 8 heteroatoms. The van der Waals surface area contributed by atoms with Gasteiger partial charge in [-0.3, -0.25) is 18.9 Å². The molecule has 57 valence electrons. The zero-order chi connectivity index (χ0) is 6.50. The smallest absolute Gasteiger partial charge is 0.0311 e. The van der Waals surface area contributed by atoms with Crippen molar-refractivity contribution in [2.45, 2.75) is 0 Å². The van der Waals surface area contributed by atoms with Gasteiger partial charge in [-0.25, -0.2) is 0 Å². The molecule has 0 heterocycles. The minimum atomic E-state index is -5.17. The Balaban J connectivity index is -0.0000000750. The van der Waals surface area contributed by atoms with Gasteiger partial charge in [0.1, 0.15) is 0 Å². The molecule has 6 nitrogen and oxygen atoms in total. The van der Waals surface area contributed by atoms with Crippen molar-refractivity contribution in [1.82, 2.24) is 0 Å². The minimum Gasteiger partial charge on any atom is -0.759 e. The van der Waals surface area contributed by atoms with E-state index in [1.165, 1.54) is 0 Å². The Hall–Kier alpha value is 0.530. The van der Waals surface area contributed by atoms with Crippen molar-refractivity contribution in [2.24, 2.45) is 0 Å². The summed E-state index contributed by atoms with van der Waals surface area (Å²) in [4.78, 5) is 0.